The minimum absolute atomic E-state index is 0.203. The number of hydrogen-bond acceptors (Lipinski definition) is 2. The van der Waals surface area contributed by atoms with Crippen molar-refractivity contribution in [1.29, 1.82) is 0 Å². The lowest BCUT2D eigenvalue weighted by Crippen LogP contribution is -2.27. The van der Waals surface area contributed by atoms with E-state index in [1.807, 2.05) is 54.6 Å². The molecule has 0 N–H and O–H groups in total. The maximum absolute atomic E-state index is 15.0. The molecule has 0 saturated carbocycles. The van der Waals surface area contributed by atoms with Crippen LogP contribution in [0.5, 0.6) is 5.75 Å². The van der Waals surface area contributed by atoms with Gasteiger partial charge in [-0.3, -0.25) is 4.79 Å². The van der Waals surface area contributed by atoms with E-state index in [0.29, 0.717) is 11.1 Å². The minimum Gasteiger partial charge on any atom is -0.541 e. The molecule has 0 heterocycles. The summed E-state index contributed by atoms with van der Waals surface area (Å²) in [4.78, 5) is 11.5. The van der Waals surface area contributed by atoms with Crippen molar-refractivity contribution in [3.05, 3.63) is 28.6 Å². The van der Waals surface area contributed by atoms with E-state index < -0.39 is 14.5 Å². The van der Waals surface area contributed by atoms with Crippen LogP contribution in [-0.4, -0.2) is 15.3 Å². The van der Waals surface area contributed by atoms with Crippen molar-refractivity contribution >= 4 is 15.3 Å². The Morgan fingerprint density at radius 1 is 1.05 bits per heavy atom. The van der Waals surface area contributed by atoms with Crippen molar-refractivity contribution in [2.45, 2.75) is 65.5 Å². The molecule has 1 radical (unpaired) electrons. The van der Waals surface area contributed by atoms with E-state index >= 15 is 4.39 Å². The van der Waals surface area contributed by atoms with E-state index in [1.54, 1.807) is 6.07 Å². The summed E-state index contributed by atoms with van der Waals surface area (Å²) in [6, 6.07) is 1.55. The lowest BCUT2D eigenvalue weighted by Gasteiger charge is -2.32. The topological polar surface area (TPSA) is 26.3 Å². The standard InChI is InChI=1S/C17H26FO2Si/c1-16(2,3)13-11(10-19)9-12(20-21(7)8)15(18)14(13)17(4,5)6/h9-10H,1-8H3. The number of hydrogen-bond donors (Lipinski definition) is 0. The molecule has 0 fully saturated rings. The van der Waals surface area contributed by atoms with Crippen molar-refractivity contribution in [3.63, 3.8) is 0 Å². The SMILES string of the molecule is C[Si](C)Oc1cc(C=O)c(C(C)(C)C)c(C(C)(C)C)c1F. The molecule has 0 amide bonds. The molecule has 0 aliphatic carbocycles. The predicted molar refractivity (Wildman–Crippen MR) is 87.3 cm³/mol. The number of rotatable bonds is 3. The van der Waals surface area contributed by atoms with Crippen LogP contribution in [0.1, 0.15) is 63.0 Å². The average molecular weight is 309 g/mol. The second-order valence-electron chi connectivity index (χ2n) is 7.66. The second kappa shape index (κ2) is 5.91. The lowest BCUT2D eigenvalue weighted by molar-refractivity contribution is 0.112. The van der Waals surface area contributed by atoms with Crippen LogP contribution in [0.3, 0.4) is 0 Å². The Bertz CT molecular complexity index is 537. The van der Waals surface area contributed by atoms with Gasteiger partial charge in [0.1, 0.15) is 12.0 Å². The van der Waals surface area contributed by atoms with Gasteiger partial charge in [0.15, 0.2) is 5.82 Å². The van der Waals surface area contributed by atoms with Gasteiger partial charge in [0, 0.05) is 11.1 Å². The maximum Gasteiger partial charge on any atom is 0.274 e. The molecule has 0 aliphatic rings. The fourth-order valence-corrected chi connectivity index (χ4v) is 3.14. The molecular weight excluding hydrogens is 283 g/mol. The van der Waals surface area contributed by atoms with E-state index in [0.717, 1.165) is 11.8 Å². The van der Waals surface area contributed by atoms with Gasteiger partial charge in [0.2, 0.25) is 0 Å². The summed E-state index contributed by atoms with van der Waals surface area (Å²) in [5.74, 6) is -0.127. The average Bonchev–Trinajstić information content (AvgIpc) is 2.27. The van der Waals surface area contributed by atoms with Gasteiger partial charge in [-0.2, -0.15) is 0 Å². The fraction of sp³-hybridized carbons (Fsp3) is 0.588. The van der Waals surface area contributed by atoms with Crippen molar-refractivity contribution < 1.29 is 13.6 Å². The molecule has 0 unspecified atom stereocenters. The Hall–Kier alpha value is -1.16. The summed E-state index contributed by atoms with van der Waals surface area (Å²) in [5, 5.41) is 0. The normalized spacial score (nSPS) is 12.7. The first-order valence-electron chi connectivity index (χ1n) is 7.20. The number of carbonyl (C=O) groups is 1. The Balaban J connectivity index is 3.80. The third kappa shape index (κ3) is 3.94. The zero-order valence-electron chi connectivity index (χ0n) is 14.3. The second-order valence-corrected chi connectivity index (χ2v) is 9.68. The third-order valence-electron chi connectivity index (χ3n) is 3.20. The molecule has 1 rings (SSSR count). The monoisotopic (exact) mass is 309 g/mol. The first-order chi connectivity index (χ1) is 9.39. The Kier molecular flexibility index (Phi) is 5.04. The molecule has 0 saturated heterocycles. The first-order valence-corrected chi connectivity index (χ1v) is 9.61. The molecule has 1 aromatic carbocycles. The minimum atomic E-state index is -1.10. The van der Waals surface area contributed by atoms with Crippen LogP contribution < -0.4 is 4.43 Å². The van der Waals surface area contributed by atoms with Crippen LogP contribution in [0, 0.1) is 5.82 Å². The summed E-state index contributed by atoms with van der Waals surface area (Å²) >= 11 is 0. The molecule has 21 heavy (non-hydrogen) atoms. The van der Waals surface area contributed by atoms with E-state index in [-0.39, 0.29) is 17.0 Å². The summed E-state index contributed by atoms with van der Waals surface area (Å²) in [6.45, 7) is 15.8. The van der Waals surface area contributed by atoms with Gasteiger partial charge in [-0.15, -0.1) is 0 Å². The van der Waals surface area contributed by atoms with E-state index in [9.17, 15) is 4.79 Å². The molecule has 117 valence electrons. The predicted octanol–water partition coefficient (Wildman–Crippen LogP) is 4.86. The quantitative estimate of drug-likeness (QED) is 0.588. The van der Waals surface area contributed by atoms with Gasteiger partial charge >= 0.3 is 0 Å². The number of carbonyl (C=O) groups excluding carboxylic acids is 1. The summed E-state index contributed by atoms with van der Waals surface area (Å²) in [5.41, 5.74) is 1.16. The van der Waals surface area contributed by atoms with Gasteiger partial charge in [-0.25, -0.2) is 4.39 Å². The zero-order valence-corrected chi connectivity index (χ0v) is 15.3. The smallest absolute Gasteiger partial charge is 0.274 e. The number of benzene rings is 1. The highest BCUT2D eigenvalue weighted by molar-refractivity contribution is 6.49. The van der Waals surface area contributed by atoms with Crippen molar-refractivity contribution in [3.8, 4) is 5.75 Å². The van der Waals surface area contributed by atoms with Gasteiger partial charge in [0.25, 0.3) is 9.04 Å². The molecule has 2 nitrogen and oxygen atoms in total. The van der Waals surface area contributed by atoms with Crippen LogP contribution >= 0.6 is 0 Å². The first kappa shape index (κ1) is 17.9. The summed E-state index contributed by atoms with van der Waals surface area (Å²) in [6.07, 6.45) is 0.805. The Labute approximate surface area is 129 Å². The fourth-order valence-electron chi connectivity index (χ4n) is 2.55. The lowest BCUT2D eigenvalue weighted by atomic mass is 9.73. The summed E-state index contributed by atoms with van der Waals surface area (Å²) < 4.78 is 20.7. The Morgan fingerprint density at radius 2 is 1.52 bits per heavy atom. The van der Waals surface area contributed by atoms with Crippen LogP contribution in [0.4, 0.5) is 4.39 Å². The van der Waals surface area contributed by atoms with E-state index in [4.69, 9.17) is 4.43 Å². The molecule has 0 bridgehead atoms. The molecule has 4 heteroatoms. The van der Waals surface area contributed by atoms with E-state index in [1.165, 1.54) is 0 Å². The third-order valence-corrected chi connectivity index (χ3v) is 3.83. The van der Waals surface area contributed by atoms with E-state index in [2.05, 4.69) is 0 Å². The number of aldehydes is 1. The van der Waals surface area contributed by atoms with Crippen molar-refractivity contribution in [2.24, 2.45) is 0 Å². The molecule has 0 aliphatic heterocycles. The van der Waals surface area contributed by atoms with Gasteiger partial charge < -0.3 is 4.43 Å². The zero-order chi connectivity index (χ0) is 16.6. The van der Waals surface area contributed by atoms with Gasteiger partial charge in [0.05, 0.1) is 0 Å². The summed E-state index contributed by atoms with van der Waals surface area (Å²) in [7, 11) is -1.10. The molecule has 1 aromatic rings. The van der Waals surface area contributed by atoms with Gasteiger partial charge in [-0.1, -0.05) is 41.5 Å². The molecule has 0 aromatic heterocycles. The highest BCUT2D eigenvalue weighted by atomic mass is 28.3. The molecule has 0 spiro atoms. The molecular formula is C17H26FO2Si. The largest absolute Gasteiger partial charge is 0.541 e. The van der Waals surface area contributed by atoms with Crippen LogP contribution in [0.2, 0.25) is 13.1 Å². The van der Waals surface area contributed by atoms with Crippen molar-refractivity contribution in [2.75, 3.05) is 0 Å². The highest BCUT2D eigenvalue weighted by Crippen LogP contribution is 2.41. The molecule has 0 atom stereocenters. The Morgan fingerprint density at radius 3 is 1.86 bits per heavy atom. The van der Waals surface area contributed by atoms with Gasteiger partial charge in [-0.05, 0) is 35.6 Å². The maximum atomic E-state index is 15.0. The van der Waals surface area contributed by atoms with Crippen molar-refractivity contribution in [1.82, 2.24) is 0 Å². The van der Waals surface area contributed by atoms with Crippen LogP contribution in [0.25, 0.3) is 0 Å². The van der Waals surface area contributed by atoms with Crippen LogP contribution in [0.15, 0.2) is 6.07 Å². The highest BCUT2D eigenvalue weighted by Gasteiger charge is 2.33. The van der Waals surface area contributed by atoms with Crippen LogP contribution in [-0.2, 0) is 10.8 Å². The number of halogens is 1.